The Labute approximate surface area is 121 Å². The van der Waals surface area contributed by atoms with Gasteiger partial charge in [0.15, 0.2) is 10.9 Å². The highest BCUT2D eigenvalue weighted by Crippen LogP contribution is 2.30. The summed E-state index contributed by atoms with van der Waals surface area (Å²) in [6.45, 7) is 0. The van der Waals surface area contributed by atoms with Crippen LogP contribution in [0.2, 0.25) is 0 Å². The molecule has 0 saturated heterocycles. The fourth-order valence-electron chi connectivity index (χ4n) is 1.86. The van der Waals surface area contributed by atoms with E-state index in [0.717, 1.165) is 17.4 Å². The first-order valence-corrected chi connectivity index (χ1v) is 6.70. The van der Waals surface area contributed by atoms with Crippen LogP contribution in [0.3, 0.4) is 0 Å². The van der Waals surface area contributed by atoms with Crippen LogP contribution in [0.25, 0.3) is 10.2 Å². The SMILES string of the molecule is O=C(O)c1cccc(Nc2nc3c(F)cc(F)cc3s2)c1. The Morgan fingerprint density at radius 2 is 2.05 bits per heavy atom. The van der Waals surface area contributed by atoms with Gasteiger partial charge in [0.1, 0.15) is 11.3 Å². The molecule has 0 spiro atoms. The van der Waals surface area contributed by atoms with Gasteiger partial charge in [0.2, 0.25) is 0 Å². The zero-order chi connectivity index (χ0) is 15.0. The van der Waals surface area contributed by atoms with Crippen LogP contribution < -0.4 is 5.32 Å². The number of thiazole rings is 1. The second-order valence-corrected chi connectivity index (χ2v) is 5.29. The number of carboxylic acid groups (broad SMARTS) is 1. The van der Waals surface area contributed by atoms with Crippen LogP contribution in [0.5, 0.6) is 0 Å². The molecule has 21 heavy (non-hydrogen) atoms. The van der Waals surface area contributed by atoms with E-state index in [1.165, 1.54) is 18.2 Å². The fraction of sp³-hybridized carbons (Fsp3) is 0. The van der Waals surface area contributed by atoms with E-state index in [0.29, 0.717) is 15.5 Å². The quantitative estimate of drug-likeness (QED) is 0.767. The number of carboxylic acids is 1. The Balaban J connectivity index is 1.96. The molecule has 0 aliphatic rings. The van der Waals surface area contributed by atoms with E-state index in [9.17, 15) is 13.6 Å². The van der Waals surface area contributed by atoms with Crippen LogP contribution in [0.1, 0.15) is 10.4 Å². The molecule has 106 valence electrons. The van der Waals surface area contributed by atoms with Crippen molar-refractivity contribution in [2.45, 2.75) is 0 Å². The zero-order valence-electron chi connectivity index (χ0n) is 10.4. The number of hydrogen-bond acceptors (Lipinski definition) is 4. The van der Waals surface area contributed by atoms with Crippen molar-refractivity contribution in [3.8, 4) is 0 Å². The predicted molar refractivity (Wildman–Crippen MR) is 76.2 cm³/mol. The molecule has 0 bridgehead atoms. The van der Waals surface area contributed by atoms with Crippen molar-refractivity contribution in [2.75, 3.05) is 5.32 Å². The van der Waals surface area contributed by atoms with Gasteiger partial charge in [-0.3, -0.25) is 0 Å². The lowest BCUT2D eigenvalue weighted by Gasteiger charge is -2.02. The summed E-state index contributed by atoms with van der Waals surface area (Å²) >= 11 is 1.09. The van der Waals surface area contributed by atoms with E-state index in [1.54, 1.807) is 12.1 Å². The second-order valence-electron chi connectivity index (χ2n) is 4.26. The summed E-state index contributed by atoms with van der Waals surface area (Å²) in [6, 6.07) is 8.12. The summed E-state index contributed by atoms with van der Waals surface area (Å²) in [5, 5.41) is 12.2. The highest BCUT2D eigenvalue weighted by molar-refractivity contribution is 7.22. The zero-order valence-corrected chi connectivity index (χ0v) is 11.2. The first kappa shape index (κ1) is 13.4. The van der Waals surface area contributed by atoms with Crippen molar-refractivity contribution >= 4 is 38.3 Å². The Hall–Kier alpha value is -2.54. The van der Waals surface area contributed by atoms with Crippen molar-refractivity contribution in [3.63, 3.8) is 0 Å². The Morgan fingerprint density at radius 3 is 2.81 bits per heavy atom. The highest BCUT2D eigenvalue weighted by atomic mass is 32.1. The third-order valence-electron chi connectivity index (χ3n) is 2.77. The summed E-state index contributed by atoms with van der Waals surface area (Å²) in [5.41, 5.74) is 0.714. The van der Waals surface area contributed by atoms with Crippen LogP contribution in [0, 0.1) is 11.6 Å². The van der Waals surface area contributed by atoms with Crippen LogP contribution in [-0.2, 0) is 0 Å². The minimum atomic E-state index is -1.05. The monoisotopic (exact) mass is 306 g/mol. The van der Waals surface area contributed by atoms with Gasteiger partial charge >= 0.3 is 5.97 Å². The van der Waals surface area contributed by atoms with Gasteiger partial charge in [-0.15, -0.1) is 0 Å². The molecule has 7 heteroatoms. The summed E-state index contributed by atoms with van der Waals surface area (Å²) in [5.74, 6) is -2.44. The largest absolute Gasteiger partial charge is 0.478 e. The number of nitrogens with one attached hydrogen (secondary N) is 1. The Kier molecular flexibility index (Phi) is 3.26. The molecule has 0 amide bonds. The number of benzene rings is 2. The lowest BCUT2D eigenvalue weighted by atomic mass is 10.2. The minimum absolute atomic E-state index is 0.0817. The number of fused-ring (bicyclic) bond motifs is 1. The van der Waals surface area contributed by atoms with E-state index in [2.05, 4.69) is 10.3 Å². The van der Waals surface area contributed by atoms with E-state index in [4.69, 9.17) is 5.11 Å². The minimum Gasteiger partial charge on any atom is -0.478 e. The maximum atomic E-state index is 13.6. The first-order chi connectivity index (χ1) is 10.0. The molecule has 3 rings (SSSR count). The molecule has 0 aliphatic heterocycles. The Bertz CT molecular complexity index is 848. The van der Waals surface area contributed by atoms with Gasteiger partial charge in [-0.1, -0.05) is 17.4 Å². The van der Waals surface area contributed by atoms with Gasteiger partial charge in [-0.25, -0.2) is 18.6 Å². The molecule has 1 heterocycles. The molecular formula is C14H8F2N2O2S. The number of anilines is 2. The molecule has 0 fully saturated rings. The molecule has 2 N–H and O–H groups in total. The van der Waals surface area contributed by atoms with Crippen molar-refractivity contribution in [2.24, 2.45) is 0 Å². The maximum absolute atomic E-state index is 13.6. The molecule has 0 unspecified atom stereocenters. The van der Waals surface area contributed by atoms with E-state index in [-0.39, 0.29) is 11.1 Å². The summed E-state index contributed by atoms with van der Waals surface area (Å²) in [4.78, 5) is 14.9. The topological polar surface area (TPSA) is 62.2 Å². The molecular weight excluding hydrogens is 298 g/mol. The second kappa shape index (κ2) is 5.10. The fourth-order valence-corrected chi connectivity index (χ4v) is 2.79. The van der Waals surface area contributed by atoms with Gasteiger partial charge in [0.05, 0.1) is 10.3 Å². The number of carbonyl (C=O) groups is 1. The van der Waals surface area contributed by atoms with Gasteiger partial charge < -0.3 is 10.4 Å². The smallest absolute Gasteiger partial charge is 0.335 e. The molecule has 0 atom stereocenters. The van der Waals surface area contributed by atoms with Crippen molar-refractivity contribution < 1.29 is 18.7 Å². The van der Waals surface area contributed by atoms with E-state index < -0.39 is 17.6 Å². The van der Waals surface area contributed by atoms with Crippen molar-refractivity contribution in [1.82, 2.24) is 4.98 Å². The lowest BCUT2D eigenvalue weighted by molar-refractivity contribution is 0.0697. The van der Waals surface area contributed by atoms with Crippen molar-refractivity contribution in [1.29, 1.82) is 0 Å². The third kappa shape index (κ3) is 2.68. The number of rotatable bonds is 3. The van der Waals surface area contributed by atoms with Crippen LogP contribution in [0.4, 0.5) is 19.6 Å². The number of aromatic carboxylic acids is 1. The average Bonchev–Trinajstić information content (AvgIpc) is 2.81. The average molecular weight is 306 g/mol. The molecule has 0 saturated carbocycles. The number of halogens is 2. The van der Waals surface area contributed by atoms with Gasteiger partial charge in [0.25, 0.3) is 0 Å². The van der Waals surface area contributed by atoms with Gasteiger partial charge in [0, 0.05) is 11.8 Å². The first-order valence-electron chi connectivity index (χ1n) is 5.89. The Morgan fingerprint density at radius 1 is 1.24 bits per heavy atom. The van der Waals surface area contributed by atoms with Crippen LogP contribution in [-0.4, -0.2) is 16.1 Å². The van der Waals surface area contributed by atoms with E-state index >= 15 is 0 Å². The molecule has 3 aromatic rings. The normalized spacial score (nSPS) is 10.8. The van der Waals surface area contributed by atoms with Gasteiger partial charge in [-0.05, 0) is 24.3 Å². The number of hydrogen-bond donors (Lipinski definition) is 2. The number of aromatic nitrogens is 1. The third-order valence-corrected chi connectivity index (χ3v) is 3.69. The van der Waals surface area contributed by atoms with E-state index in [1.807, 2.05) is 0 Å². The molecule has 4 nitrogen and oxygen atoms in total. The summed E-state index contributed by atoms with van der Waals surface area (Å²) in [7, 11) is 0. The van der Waals surface area contributed by atoms with Crippen LogP contribution in [0.15, 0.2) is 36.4 Å². The molecule has 0 aliphatic carbocycles. The predicted octanol–water partition coefficient (Wildman–Crippen LogP) is 4.02. The maximum Gasteiger partial charge on any atom is 0.335 e. The van der Waals surface area contributed by atoms with Gasteiger partial charge in [-0.2, -0.15) is 0 Å². The standard InChI is InChI=1S/C14H8F2N2O2S/c15-8-5-10(16)12-11(6-8)21-14(18-12)17-9-3-1-2-7(4-9)13(19)20/h1-6H,(H,17,18)(H,19,20). The molecule has 2 aromatic carbocycles. The highest BCUT2D eigenvalue weighted by Gasteiger charge is 2.11. The summed E-state index contributed by atoms with van der Waals surface area (Å²) < 4.78 is 27.1. The van der Waals surface area contributed by atoms with Crippen molar-refractivity contribution in [3.05, 3.63) is 53.6 Å². The summed E-state index contributed by atoms with van der Waals surface area (Å²) in [6.07, 6.45) is 0. The van der Waals surface area contributed by atoms with Crippen LogP contribution >= 0.6 is 11.3 Å². The lowest BCUT2D eigenvalue weighted by Crippen LogP contribution is -1.97. The molecule has 1 aromatic heterocycles. The molecule has 0 radical (unpaired) electrons. The number of nitrogens with zero attached hydrogens (tertiary/aromatic N) is 1.